The zero-order valence-corrected chi connectivity index (χ0v) is 13.1. The Bertz CT molecular complexity index is 673. The standard InChI is InChI=1S/C15H20N4O4/c1-8(2)13(19-7-11(16-17-19)9-3-4-9)14(21)18-6-10(20)5-12(18)15(22)23/h7,9-10,12,20H,3-6H2,1-2H3,(H,22,23)/t10-,12+/m1/s1. The van der Waals surface area contributed by atoms with Gasteiger partial charge in [0.05, 0.1) is 18.0 Å². The van der Waals surface area contributed by atoms with Crippen molar-refractivity contribution in [1.82, 2.24) is 19.9 Å². The fourth-order valence-electron chi connectivity index (χ4n) is 2.90. The van der Waals surface area contributed by atoms with Crippen LogP contribution >= 0.6 is 0 Å². The lowest BCUT2D eigenvalue weighted by atomic mass is 10.2. The van der Waals surface area contributed by atoms with Gasteiger partial charge in [-0.05, 0) is 32.3 Å². The maximum Gasteiger partial charge on any atom is 0.326 e. The number of rotatable bonds is 4. The van der Waals surface area contributed by atoms with Gasteiger partial charge >= 0.3 is 5.97 Å². The smallest absolute Gasteiger partial charge is 0.326 e. The number of carboxylic acid groups (broad SMARTS) is 1. The Morgan fingerprint density at radius 2 is 2.00 bits per heavy atom. The van der Waals surface area contributed by atoms with Gasteiger partial charge < -0.3 is 15.1 Å². The number of carbonyl (C=O) groups is 2. The monoisotopic (exact) mass is 320 g/mol. The normalized spacial score (nSPS) is 23.9. The number of nitrogens with zero attached hydrogens (tertiary/aromatic N) is 4. The average Bonchev–Trinajstić information content (AvgIpc) is 3.08. The van der Waals surface area contributed by atoms with E-state index in [9.17, 15) is 19.8 Å². The van der Waals surface area contributed by atoms with Crippen molar-refractivity contribution in [3.8, 4) is 0 Å². The van der Waals surface area contributed by atoms with Gasteiger partial charge in [0.15, 0.2) is 0 Å². The first-order chi connectivity index (χ1) is 10.9. The Morgan fingerprint density at radius 3 is 2.57 bits per heavy atom. The highest BCUT2D eigenvalue weighted by atomic mass is 16.4. The molecule has 0 spiro atoms. The van der Waals surface area contributed by atoms with E-state index < -0.39 is 24.0 Å². The van der Waals surface area contributed by atoms with Crippen molar-refractivity contribution in [2.24, 2.45) is 0 Å². The summed E-state index contributed by atoms with van der Waals surface area (Å²) in [6.45, 7) is 3.55. The lowest BCUT2D eigenvalue weighted by Gasteiger charge is -2.23. The molecule has 1 aliphatic heterocycles. The van der Waals surface area contributed by atoms with E-state index in [1.165, 1.54) is 9.58 Å². The van der Waals surface area contributed by atoms with Crippen molar-refractivity contribution in [1.29, 1.82) is 0 Å². The highest BCUT2D eigenvalue weighted by molar-refractivity contribution is 6.15. The first-order valence-corrected chi connectivity index (χ1v) is 7.70. The number of carbonyl (C=O) groups excluding carboxylic acids is 1. The first kappa shape index (κ1) is 15.7. The second kappa shape index (κ2) is 5.77. The van der Waals surface area contributed by atoms with E-state index in [-0.39, 0.29) is 13.0 Å². The van der Waals surface area contributed by atoms with Gasteiger partial charge in [-0.3, -0.25) is 4.79 Å². The number of β-amino-alcohol motifs (C(OH)–C–C–N with tert-alkyl or cyclic N) is 1. The molecule has 1 aliphatic carbocycles. The minimum Gasteiger partial charge on any atom is -0.480 e. The number of hydrogen-bond acceptors (Lipinski definition) is 5. The molecule has 0 unspecified atom stereocenters. The minimum absolute atomic E-state index is 0.0107. The molecule has 124 valence electrons. The number of aliphatic hydroxyl groups excluding tert-OH is 1. The van der Waals surface area contributed by atoms with E-state index in [2.05, 4.69) is 10.3 Å². The zero-order valence-electron chi connectivity index (χ0n) is 13.1. The molecule has 2 aliphatic rings. The summed E-state index contributed by atoms with van der Waals surface area (Å²) < 4.78 is 1.43. The molecule has 8 heteroatoms. The summed E-state index contributed by atoms with van der Waals surface area (Å²) in [5, 5.41) is 27.1. The summed E-state index contributed by atoms with van der Waals surface area (Å²) in [7, 11) is 0. The van der Waals surface area contributed by atoms with Crippen LogP contribution in [0.5, 0.6) is 0 Å². The molecule has 2 fully saturated rings. The second-order valence-corrected chi connectivity index (χ2v) is 6.41. The summed E-state index contributed by atoms with van der Waals surface area (Å²) >= 11 is 0. The van der Waals surface area contributed by atoms with Crippen LogP contribution in [-0.4, -0.2) is 60.7 Å². The molecule has 3 rings (SSSR count). The number of allylic oxidation sites excluding steroid dienone is 1. The van der Waals surface area contributed by atoms with E-state index >= 15 is 0 Å². The third kappa shape index (κ3) is 2.98. The summed E-state index contributed by atoms with van der Waals surface area (Å²) in [4.78, 5) is 25.4. The molecule has 1 saturated heterocycles. The maximum absolute atomic E-state index is 12.8. The van der Waals surface area contributed by atoms with Crippen molar-refractivity contribution < 1.29 is 19.8 Å². The second-order valence-electron chi connectivity index (χ2n) is 6.41. The van der Waals surface area contributed by atoms with Crippen LogP contribution in [0.1, 0.15) is 44.7 Å². The number of carboxylic acids is 1. The van der Waals surface area contributed by atoms with Crippen LogP contribution in [0.4, 0.5) is 0 Å². The van der Waals surface area contributed by atoms with Gasteiger partial charge in [0.1, 0.15) is 11.7 Å². The molecule has 2 heterocycles. The molecule has 8 nitrogen and oxygen atoms in total. The molecule has 1 saturated carbocycles. The molecule has 2 atom stereocenters. The fraction of sp³-hybridized carbons (Fsp3) is 0.600. The third-order valence-electron chi connectivity index (χ3n) is 4.24. The fourth-order valence-corrected chi connectivity index (χ4v) is 2.90. The largest absolute Gasteiger partial charge is 0.480 e. The summed E-state index contributed by atoms with van der Waals surface area (Å²) in [6.07, 6.45) is 3.12. The summed E-state index contributed by atoms with van der Waals surface area (Å²) in [5.41, 5.74) is 1.87. The topological polar surface area (TPSA) is 109 Å². The quantitative estimate of drug-likeness (QED) is 0.780. The van der Waals surface area contributed by atoms with Gasteiger partial charge in [-0.25, -0.2) is 9.48 Å². The molecular formula is C15H20N4O4. The number of aliphatic hydroxyl groups is 1. The van der Waals surface area contributed by atoms with Crippen LogP contribution in [0.3, 0.4) is 0 Å². The SMILES string of the molecule is CC(C)=C(C(=O)N1C[C@H](O)C[C@H]1C(=O)O)n1cc(C2CC2)nn1. The molecule has 0 radical (unpaired) electrons. The van der Waals surface area contributed by atoms with Crippen LogP contribution in [0.15, 0.2) is 11.8 Å². The minimum atomic E-state index is -1.11. The predicted octanol–water partition coefficient (Wildman–Crippen LogP) is 0.453. The van der Waals surface area contributed by atoms with Gasteiger partial charge in [0, 0.05) is 18.9 Å². The van der Waals surface area contributed by atoms with Crippen LogP contribution < -0.4 is 0 Å². The van der Waals surface area contributed by atoms with Crippen molar-refractivity contribution in [3.63, 3.8) is 0 Å². The molecule has 1 aromatic rings. The zero-order chi connectivity index (χ0) is 16.7. The van der Waals surface area contributed by atoms with E-state index in [1.54, 1.807) is 20.0 Å². The lowest BCUT2D eigenvalue weighted by molar-refractivity contribution is -0.146. The Morgan fingerprint density at radius 1 is 1.30 bits per heavy atom. The predicted molar refractivity (Wildman–Crippen MR) is 80.3 cm³/mol. The number of likely N-dealkylation sites (tertiary alicyclic amines) is 1. The van der Waals surface area contributed by atoms with Gasteiger partial charge in [-0.1, -0.05) is 5.21 Å². The summed E-state index contributed by atoms with van der Waals surface area (Å²) in [6, 6.07) is -1.02. The van der Waals surface area contributed by atoms with Gasteiger partial charge in [-0.2, -0.15) is 0 Å². The Balaban J connectivity index is 1.90. The van der Waals surface area contributed by atoms with Crippen molar-refractivity contribution >= 4 is 17.6 Å². The summed E-state index contributed by atoms with van der Waals surface area (Å²) in [5.74, 6) is -1.14. The maximum atomic E-state index is 12.8. The molecule has 1 amide bonds. The van der Waals surface area contributed by atoms with E-state index in [1.807, 2.05) is 0 Å². The molecule has 23 heavy (non-hydrogen) atoms. The number of amides is 1. The Hall–Kier alpha value is -2.22. The van der Waals surface area contributed by atoms with Crippen molar-refractivity contribution in [3.05, 3.63) is 17.5 Å². The van der Waals surface area contributed by atoms with Crippen LogP contribution in [0, 0.1) is 0 Å². The number of hydrogen-bond donors (Lipinski definition) is 2. The third-order valence-corrected chi connectivity index (χ3v) is 4.24. The van der Waals surface area contributed by atoms with E-state index in [0.29, 0.717) is 17.2 Å². The Kier molecular flexibility index (Phi) is 3.93. The molecule has 2 N–H and O–H groups in total. The molecule has 0 aromatic carbocycles. The van der Waals surface area contributed by atoms with Crippen LogP contribution in [0.2, 0.25) is 0 Å². The van der Waals surface area contributed by atoms with Crippen molar-refractivity contribution in [2.75, 3.05) is 6.54 Å². The molecular weight excluding hydrogens is 300 g/mol. The van der Waals surface area contributed by atoms with Crippen molar-refractivity contribution in [2.45, 2.75) is 51.2 Å². The van der Waals surface area contributed by atoms with Gasteiger partial charge in [-0.15, -0.1) is 5.10 Å². The number of aromatic nitrogens is 3. The van der Waals surface area contributed by atoms with E-state index in [0.717, 1.165) is 18.5 Å². The number of aliphatic carboxylic acids is 1. The highest BCUT2D eigenvalue weighted by Crippen LogP contribution is 2.38. The first-order valence-electron chi connectivity index (χ1n) is 7.70. The highest BCUT2D eigenvalue weighted by Gasteiger charge is 2.40. The van der Waals surface area contributed by atoms with E-state index in [4.69, 9.17) is 0 Å². The Labute approximate surface area is 133 Å². The van der Waals surface area contributed by atoms with Crippen LogP contribution in [0.25, 0.3) is 5.70 Å². The van der Waals surface area contributed by atoms with Crippen LogP contribution in [-0.2, 0) is 9.59 Å². The molecule has 1 aromatic heterocycles. The van der Waals surface area contributed by atoms with Gasteiger partial charge in [0.25, 0.3) is 5.91 Å². The van der Waals surface area contributed by atoms with Gasteiger partial charge in [0.2, 0.25) is 0 Å². The molecule has 0 bridgehead atoms. The average molecular weight is 320 g/mol. The lowest BCUT2D eigenvalue weighted by Crippen LogP contribution is -2.42.